The molecule has 0 radical (unpaired) electrons. The molecule has 1 atom stereocenters. The Labute approximate surface area is 219 Å². The molecule has 4 aromatic rings. The highest BCUT2D eigenvalue weighted by atomic mass is 32.2. The maximum absolute atomic E-state index is 13.3. The lowest BCUT2D eigenvalue weighted by Crippen LogP contribution is -2.32. The molecule has 194 valence electrons. The number of thioether (sulfide) groups is 1. The van der Waals surface area contributed by atoms with Crippen molar-refractivity contribution in [3.8, 4) is 0 Å². The summed E-state index contributed by atoms with van der Waals surface area (Å²) >= 11 is 1.23. The SMILES string of the molecule is CCCn1c(=O)c2ccc(C(=O)N[C@H](C)CC)cc2n2c(SCC(=O)Nc3ccc(C)c(C)c3)nnc12. The first-order chi connectivity index (χ1) is 17.7. The molecule has 2 aromatic carbocycles. The highest BCUT2D eigenvalue weighted by molar-refractivity contribution is 7.99. The van der Waals surface area contributed by atoms with Gasteiger partial charge < -0.3 is 10.6 Å². The van der Waals surface area contributed by atoms with Crippen molar-refractivity contribution in [2.24, 2.45) is 0 Å². The Balaban J connectivity index is 1.71. The Hall–Kier alpha value is -3.66. The lowest BCUT2D eigenvalue weighted by Gasteiger charge is -2.14. The quantitative estimate of drug-likeness (QED) is 0.318. The number of fused-ring (bicyclic) bond motifs is 3. The molecule has 2 N–H and O–H groups in total. The normalized spacial score (nSPS) is 12.1. The highest BCUT2D eigenvalue weighted by Crippen LogP contribution is 2.23. The van der Waals surface area contributed by atoms with Gasteiger partial charge in [-0.15, -0.1) is 10.2 Å². The molecule has 0 saturated heterocycles. The van der Waals surface area contributed by atoms with Gasteiger partial charge in [-0.1, -0.05) is 31.7 Å². The minimum absolute atomic E-state index is 0.0256. The Bertz CT molecular complexity index is 1540. The van der Waals surface area contributed by atoms with Crippen LogP contribution in [0.2, 0.25) is 0 Å². The van der Waals surface area contributed by atoms with E-state index in [9.17, 15) is 14.4 Å². The standard InChI is InChI=1S/C27H32N6O3S/c1-6-12-32-25(36)21-11-9-19(24(35)28-18(5)7-2)14-22(21)33-26(32)30-31-27(33)37-15-23(34)29-20-10-8-16(3)17(4)13-20/h8-11,13-14,18H,6-7,12,15H2,1-5H3,(H,28,35)(H,29,34)/t18-/m1/s1. The fraction of sp³-hybridized carbons (Fsp3) is 0.370. The van der Waals surface area contributed by atoms with Gasteiger partial charge in [-0.05, 0) is 75.1 Å². The minimum atomic E-state index is -0.211. The van der Waals surface area contributed by atoms with Crippen molar-refractivity contribution in [2.45, 2.75) is 65.2 Å². The number of hydrogen-bond donors (Lipinski definition) is 2. The van der Waals surface area contributed by atoms with Crippen LogP contribution in [-0.2, 0) is 11.3 Å². The molecule has 2 amide bonds. The topological polar surface area (TPSA) is 110 Å². The number of benzene rings is 2. The second-order valence-electron chi connectivity index (χ2n) is 9.23. The first-order valence-electron chi connectivity index (χ1n) is 12.5. The molecule has 0 fully saturated rings. The van der Waals surface area contributed by atoms with Gasteiger partial charge in [0.25, 0.3) is 11.5 Å². The van der Waals surface area contributed by atoms with E-state index < -0.39 is 0 Å². The van der Waals surface area contributed by atoms with Gasteiger partial charge in [0.1, 0.15) is 0 Å². The zero-order chi connectivity index (χ0) is 26.7. The second-order valence-corrected chi connectivity index (χ2v) is 10.2. The van der Waals surface area contributed by atoms with Crippen LogP contribution in [0.5, 0.6) is 0 Å². The monoisotopic (exact) mass is 520 g/mol. The van der Waals surface area contributed by atoms with Crippen LogP contribution < -0.4 is 16.2 Å². The molecule has 9 nitrogen and oxygen atoms in total. The smallest absolute Gasteiger partial charge is 0.262 e. The van der Waals surface area contributed by atoms with Crippen molar-refractivity contribution in [2.75, 3.05) is 11.1 Å². The van der Waals surface area contributed by atoms with Crippen LogP contribution in [-0.4, -0.2) is 42.8 Å². The van der Waals surface area contributed by atoms with Crippen LogP contribution in [0.15, 0.2) is 46.3 Å². The molecule has 0 spiro atoms. The third-order valence-corrected chi connectivity index (χ3v) is 7.32. The van der Waals surface area contributed by atoms with Crippen molar-refractivity contribution in [1.82, 2.24) is 24.5 Å². The molecule has 0 bridgehead atoms. The van der Waals surface area contributed by atoms with E-state index in [0.717, 1.165) is 29.7 Å². The zero-order valence-electron chi connectivity index (χ0n) is 21.8. The van der Waals surface area contributed by atoms with E-state index in [1.54, 1.807) is 27.2 Å². The Morgan fingerprint density at radius 2 is 1.84 bits per heavy atom. The predicted octanol–water partition coefficient (Wildman–Crippen LogP) is 4.33. The fourth-order valence-electron chi connectivity index (χ4n) is 4.00. The van der Waals surface area contributed by atoms with E-state index >= 15 is 0 Å². The Morgan fingerprint density at radius 3 is 2.54 bits per heavy atom. The molecule has 2 heterocycles. The second kappa shape index (κ2) is 11.2. The number of rotatable bonds is 9. The molecular weight excluding hydrogens is 488 g/mol. The van der Waals surface area contributed by atoms with Crippen LogP contribution in [0.25, 0.3) is 16.7 Å². The van der Waals surface area contributed by atoms with Crippen molar-refractivity contribution in [3.05, 3.63) is 63.4 Å². The van der Waals surface area contributed by atoms with Gasteiger partial charge in [-0.2, -0.15) is 0 Å². The summed E-state index contributed by atoms with van der Waals surface area (Å²) < 4.78 is 3.36. The largest absolute Gasteiger partial charge is 0.350 e. The van der Waals surface area contributed by atoms with Crippen molar-refractivity contribution in [1.29, 1.82) is 0 Å². The van der Waals surface area contributed by atoms with Crippen LogP contribution in [0, 0.1) is 13.8 Å². The highest BCUT2D eigenvalue weighted by Gasteiger charge is 2.19. The molecule has 0 unspecified atom stereocenters. The number of aromatic nitrogens is 4. The molecular formula is C27H32N6O3S. The third kappa shape index (κ3) is 5.53. The zero-order valence-corrected chi connectivity index (χ0v) is 22.6. The number of carbonyl (C=O) groups excluding carboxylic acids is 2. The van der Waals surface area contributed by atoms with Crippen molar-refractivity contribution in [3.63, 3.8) is 0 Å². The number of carbonyl (C=O) groups is 2. The van der Waals surface area contributed by atoms with Crippen LogP contribution >= 0.6 is 11.8 Å². The maximum Gasteiger partial charge on any atom is 0.262 e. The molecule has 0 saturated carbocycles. The molecule has 0 aliphatic rings. The average molecular weight is 521 g/mol. The van der Waals surface area contributed by atoms with Crippen molar-refractivity contribution < 1.29 is 9.59 Å². The molecule has 0 aliphatic heterocycles. The number of nitrogens with zero attached hydrogens (tertiary/aromatic N) is 4. The predicted molar refractivity (Wildman–Crippen MR) is 148 cm³/mol. The summed E-state index contributed by atoms with van der Waals surface area (Å²) in [6.45, 7) is 10.4. The van der Waals surface area contributed by atoms with E-state index in [-0.39, 0.29) is 29.2 Å². The van der Waals surface area contributed by atoms with Gasteiger partial charge in [-0.25, -0.2) is 0 Å². The van der Waals surface area contributed by atoms with Gasteiger partial charge in [0.15, 0.2) is 5.16 Å². The summed E-state index contributed by atoms with van der Waals surface area (Å²) in [6.07, 6.45) is 1.55. The summed E-state index contributed by atoms with van der Waals surface area (Å²) in [7, 11) is 0. The number of aryl methyl sites for hydroxylation is 3. The van der Waals surface area contributed by atoms with Gasteiger partial charge in [0.05, 0.1) is 16.7 Å². The summed E-state index contributed by atoms with van der Waals surface area (Å²) in [6, 6.07) is 10.8. The first-order valence-corrected chi connectivity index (χ1v) is 13.4. The first kappa shape index (κ1) is 26.4. The fourth-order valence-corrected chi connectivity index (χ4v) is 4.74. The van der Waals surface area contributed by atoms with Crippen LogP contribution in [0.3, 0.4) is 0 Å². The van der Waals surface area contributed by atoms with E-state index in [4.69, 9.17) is 0 Å². The summed E-state index contributed by atoms with van der Waals surface area (Å²) in [5.41, 5.74) is 3.78. The van der Waals surface area contributed by atoms with E-state index in [1.807, 2.05) is 52.8 Å². The number of nitrogens with one attached hydrogen (secondary N) is 2. The van der Waals surface area contributed by atoms with Gasteiger partial charge in [0, 0.05) is 23.8 Å². The molecule has 2 aromatic heterocycles. The van der Waals surface area contributed by atoms with Crippen molar-refractivity contribution >= 4 is 45.9 Å². The summed E-state index contributed by atoms with van der Waals surface area (Å²) in [5.74, 6) is 0.105. The number of anilines is 1. The van der Waals surface area contributed by atoms with Gasteiger partial charge in [0.2, 0.25) is 11.7 Å². The minimum Gasteiger partial charge on any atom is -0.350 e. The van der Waals surface area contributed by atoms with Gasteiger partial charge in [-0.3, -0.25) is 23.4 Å². The molecule has 37 heavy (non-hydrogen) atoms. The average Bonchev–Trinajstić information content (AvgIpc) is 3.31. The lowest BCUT2D eigenvalue weighted by molar-refractivity contribution is -0.113. The molecule has 0 aliphatic carbocycles. The number of hydrogen-bond acceptors (Lipinski definition) is 6. The molecule has 4 rings (SSSR count). The van der Waals surface area contributed by atoms with E-state index in [1.165, 1.54) is 11.8 Å². The van der Waals surface area contributed by atoms with Crippen LogP contribution in [0.4, 0.5) is 5.69 Å². The van der Waals surface area contributed by atoms with Gasteiger partial charge >= 0.3 is 0 Å². The summed E-state index contributed by atoms with van der Waals surface area (Å²) in [5, 5.41) is 15.4. The lowest BCUT2D eigenvalue weighted by atomic mass is 10.1. The third-order valence-electron chi connectivity index (χ3n) is 6.39. The van der Waals surface area contributed by atoms with E-state index in [2.05, 4.69) is 20.8 Å². The molecule has 10 heteroatoms. The Morgan fingerprint density at radius 1 is 1.05 bits per heavy atom. The van der Waals surface area contributed by atoms with E-state index in [0.29, 0.717) is 33.9 Å². The number of amides is 2. The summed E-state index contributed by atoms with van der Waals surface area (Å²) in [4.78, 5) is 38.8. The van der Waals surface area contributed by atoms with Crippen LogP contribution in [0.1, 0.15) is 55.1 Å². The maximum atomic E-state index is 13.3. The Kier molecular flexibility index (Phi) is 7.97.